The Kier molecular flexibility index (Phi) is 2.63. The number of primary amides is 1. The van der Waals surface area contributed by atoms with Crippen LogP contribution >= 0.6 is 0 Å². The number of amides is 1. The number of carbonyl (C=O) groups excluding carboxylic acids is 2. The summed E-state index contributed by atoms with van der Waals surface area (Å²) in [6.07, 6.45) is 0.596. The Balaban J connectivity index is 3.48. The number of benzene rings is 1. The highest BCUT2D eigenvalue weighted by Crippen LogP contribution is 2.14. The molecular formula is C10H8N2O2. The third-order valence-electron chi connectivity index (χ3n) is 1.91. The molecule has 0 unspecified atom stereocenters. The second-order valence-electron chi connectivity index (χ2n) is 2.85. The third kappa shape index (κ3) is 1.62. The van der Waals surface area contributed by atoms with E-state index in [0.29, 0.717) is 17.4 Å². The van der Waals surface area contributed by atoms with E-state index in [9.17, 15) is 9.59 Å². The zero-order chi connectivity index (χ0) is 10.7. The van der Waals surface area contributed by atoms with Gasteiger partial charge in [-0.3, -0.25) is 9.59 Å². The minimum atomic E-state index is -0.609. The number of nitriles is 1. The molecule has 2 N–H and O–H groups in total. The highest BCUT2D eigenvalue weighted by molar-refractivity contribution is 5.95. The van der Waals surface area contributed by atoms with Gasteiger partial charge in [0.1, 0.15) is 0 Å². The predicted octanol–water partition coefficient (Wildman–Crippen LogP) is 0.778. The van der Waals surface area contributed by atoms with E-state index in [0.717, 1.165) is 0 Å². The monoisotopic (exact) mass is 188 g/mol. The normalized spacial score (nSPS) is 9.14. The van der Waals surface area contributed by atoms with Crippen LogP contribution in [0.4, 0.5) is 0 Å². The van der Waals surface area contributed by atoms with Crippen LogP contribution in [-0.4, -0.2) is 12.2 Å². The van der Waals surface area contributed by atoms with E-state index in [1.54, 1.807) is 6.92 Å². The molecule has 0 saturated heterocycles. The van der Waals surface area contributed by atoms with Gasteiger partial charge in [-0.1, -0.05) is 0 Å². The first-order valence-electron chi connectivity index (χ1n) is 3.90. The fourth-order valence-electron chi connectivity index (χ4n) is 1.19. The van der Waals surface area contributed by atoms with Gasteiger partial charge in [-0.2, -0.15) is 5.26 Å². The molecule has 70 valence electrons. The minimum absolute atomic E-state index is 0.175. The molecule has 1 aromatic carbocycles. The van der Waals surface area contributed by atoms with Crippen molar-refractivity contribution < 1.29 is 9.59 Å². The van der Waals surface area contributed by atoms with Crippen molar-refractivity contribution in [1.82, 2.24) is 0 Å². The fourth-order valence-corrected chi connectivity index (χ4v) is 1.19. The second-order valence-corrected chi connectivity index (χ2v) is 2.85. The van der Waals surface area contributed by atoms with E-state index in [1.165, 1.54) is 12.1 Å². The molecule has 4 heteroatoms. The van der Waals surface area contributed by atoms with Gasteiger partial charge in [-0.05, 0) is 24.6 Å². The SMILES string of the molecule is Cc1cc(C(N)=O)cc(C#N)c1C=O. The summed E-state index contributed by atoms with van der Waals surface area (Å²) in [6.45, 7) is 1.65. The molecule has 0 aromatic heterocycles. The molecule has 0 fully saturated rings. The summed E-state index contributed by atoms with van der Waals surface area (Å²) in [6, 6.07) is 4.66. The van der Waals surface area contributed by atoms with Gasteiger partial charge in [0.15, 0.2) is 6.29 Å². The van der Waals surface area contributed by atoms with Gasteiger partial charge < -0.3 is 5.73 Å². The van der Waals surface area contributed by atoms with Crippen molar-refractivity contribution in [3.05, 3.63) is 34.4 Å². The van der Waals surface area contributed by atoms with Crippen molar-refractivity contribution >= 4 is 12.2 Å². The van der Waals surface area contributed by atoms with Crippen molar-refractivity contribution in [3.8, 4) is 6.07 Å². The molecule has 0 bridgehead atoms. The number of hydrogen-bond donors (Lipinski definition) is 1. The predicted molar refractivity (Wildman–Crippen MR) is 49.8 cm³/mol. The number of nitrogens with zero attached hydrogens (tertiary/aromatic N) is 1. The van der Waals surface area contributed by atoms with Gasteiger partial charge in [0.05, 0.1) is 11.6 Å². The maximum atomic E-state index is 10.8. The Morgan fingerprint density at radius 1 is 1.57 bits per heavy atom. The molecule has 0 spiro atoms. The molecule has 4 nitrogen and oxygen atoms in total. The second kappa shape index (κ2) is 3.71. The van der Waals surface area contributed by atoms with Gasteiger partial charge in [0.2, 0.25) is 5.91 Å². The lowest BCUT2D eigenvalue weighted by atomic mass is 10.00. The van der Waals surface area contributed by atoms with Crippen LogP contribution in [0.5, 0.6) is 0 Å². The first kappa shape index (κ1) is 9.93. The van der Waals surface area contributed by atoms with E-state index >= 15 is 0 Å². The van der Waals surface area contributed by atoms with Gasteiger partial charge >= 0.3 is 0 Å². The van der Waals surface area contributed by atoms with Gasteiger partial charge in [-0.25, -0.2) is 0 Å². The Labute approximate surface area is 80.9 Å². The molecule has 0 atom stereocenters. The summed E-state index contributed by atoms with van der Waals surface area (Å²) in [4.78, 5) is 21.5. The summed E-state index contributed by atoms with van der Waals surface area (Å²) in [7, 11) is 0. The van der Waals surface area contributed by atoms with Crippen LogP contribution in [0.25, 0.3) is 0 Å². The van der Waals surface area contributed by atoms with E-state index in [1.807, 2.05) is 6.07 Å². The highest BCUT2D eigenvalue weighted by atomic mass is 16.1. The highest BCUT2D eigenvalue weighted by Gasteiger charge is 2.09. The average Bonchev–Trinajstić information content (AvgIpc) is 2.16. The lowest BCUT2D eigenvalue weighted by Crippen LogP contribution is -2.12. The molecular weight excluding hydrogens is 180 g/mol. The summed E-state index contributed by atoms with van der Waals surface area (Å²) >= 11 is 0. The molecule has 0 aliphatic heterocycles. The maximum absolute atomic E-state index is 10.8. The summed E-state index contributed by atoms with van der Waals surface area (Å²) in [5.74, 6) is -0.609. The first-order chi connectivity index (χ1) is 6.60. The third-order valence-corrected chi connectivity index (χ3v) is 1.91. The number of carbonyl (C=O) groups is 2. The molecule has 1 rings (SSSR count). The van der Waals surface area contributed by atoms with Crippen molar-refractivity contribution in [3.63, 3.8) is 0 Å². The van der Waals surface area contributed by atoms with Gasteiger partial charge in [0, 0.05) is 11.1 Å². The molecule has 0 heterocycles. The smallest absolute Gasteiger partial charge is 0.248 e. The number of rotatable bonds is 2. The van der Waals surface area contributed by atoms with Crippen molar-refractivity contribution in [2.45, 2.75) is 6.92 Å². The Hall–Kier alpha value is -2.15. The average molecular weight is 188 g/mol. The summed E-state index contributed by atoms with van der Waals surface area (Å²) < 4.78 is 0. The lowest BCUT2D eigenvalue weighted by molar-refractivity contribution is 0.0999. The largest absolute Gasteiger partial charge is 0.366 e. The first-order valence-corrected chi connectivity index (χ1v) is 3.90. The van der Waals surface area contributed by atoms with Crippen LogP contribution in [0.15, 0.2) is 12.1 Å². The maximum Gasteiger partial charge on any atom is 0.248 e. The molecule has 0 radical (unpaired) electrons. The van der Waals surface area contributed by atoms with E-state index in [-0.39, 0.29) is 11.1 Å². The van der Waals surface area contributed by atoms with Gasteiger partial charge in [-0.15, -0.1) is 0 Å². The van der Waals surface area contributed by atoms with Crippen molar-refractivity contribution in [2.24, 2.45) is 5.73 Å². The lowest BCUT2D eigenvalue weighted by Gasteiger charge is -2.03. The number of aryl methyl sites for hydroxylation is 1. The van der Waals surface area contributed by atoms with E-state index in [2.05, 4.69) is 0 Å². The zero-order valence-electron chi connectivity index (χ0n) is 7.57. The van der Waals surface area contributed by atoms with Gasteiger partial charge in [0.25, 0.3) is 0 Å². The van der Waals surface area contributed by atoms with Crippen LogP contribution in [0, 0.1) is 18.3 Å². The molecule has 14 heavy (non-hydrogen) atoms. The van der Waals surface area contributed by atoms with Crippen LogP contribution in [0.2, 0.25) is 0 Å². The summed E-state index contributed by atoms with van der Waals surface area (Å²) in [5, 5.41) is 8.72. The molecule has 0 aliphatic carbocycles. The van der Waals surface area contributed by atoms with Crippen LogP contribution < -0.4 is 5.73 Å². The minimum Gasteiger partial charge on any atom is -0.366 e. The summed E-state index contributed by atoms with van der Waals surface area (Å²) in [5.41, 5.74) is 6.36. The van der Waals surface area contributed by atoms with Crippen LogP contribution in [-0.2, 0) is 0 Å². The molecule has 1 aromatic rings. The molecule has 1 amide bonds. The van der Waals surface area contributed by atoms with Crippen LogP contribution in [0.3, 0.4) is 0 Å². The van der Waals surface area contributed by atoms with E-state index in [4.69, 9.17) is 11.0 Å². The quantitative estimate of drug-likeness (QED) is 0.696. The van der Waals surface area contributed by atoms with Crippen molar-refractivity contribution in [1.29, 1.82) is 5.26 Å². The Morgan fingerprint density at radius 2 is 2.21 bits per heavy atom. The fraction of sp³-hybridized carbons (Fsp3) is 0.100. The van der Waals surface area contributed by atoms with Crippen molar-refractivity contribution in [2.75, 3.05) is 0 Å². The number of aldehydes is 1. The Morgan fingerprint density at radius 3 is 2.64 bits per heavy atom. The van der Waals surface area contributed by atoms with Crippen LogP contribution in [0.1, 0.15) is 31.8 Å². The number of nitrogens with two attached hydrogens (primary N) is 1. The molecule has 0 saturated carbocycles. The molecule has 0 aliphatic rings. The Bertz CT molecular complexity index is 444. The topological polar surface area (TPSA) is 83.9 Å². The standard InChI is InChI=1S/C10H8N2O2/c1-6-2-7(10(12)14)3-8(4-11)9(6)5-13/h2-3,5H,1H3,(H2,12,14). The zero-order valence-corrected chi connectivity index (χ0v) is 7.57. The van der Waals surface area contributed by atoms with E-state index < -0.39 is 5.91 Å². The number of hydrogen-bond acceptors (Lipinski definition) is 3.